The third-order valence-corrected chi connectivity index (χ3v) is 4.95. The summed E-state index contributed by atoms with van der Waals surface area (Å²) in [6, 6.07) is 4.12. The molecule has 2 aliphatic rings. The summed E-state index contributed by atoms with van der Waals surface area (Å²) >= 11 is 0. The first-order valence-corrected chi connectivity index (χ1v) is 9.51. The van der Waals surface area contributed by atoms with Gasteiger partial charge in [-0.2, -0.15) is 0 Å². The number of rotatable bonds is 6. The first-order valence-electron chi connectivity index (χ1n) is 9.51. The van der Waals surface area contributed by atoms with Crippen LogP contribution in [0.5, 0.6) is 5.75 Å². The van der Waals surface area contributed by atoms with Crippen molar-refractivity contribution in [1.29, 1.82) is 0 Å². The third kappa shape index (κ3) is 5.11. The number of benzene rings is 1. The molecule has 1 aromatic carbocycles. The lowest BCUT2D eigenvalue weighted by atomic mass is 10.0. The van der Waals surface area contributed by atoms with E-state index >= 15 is 0 Å². The van der Waals surface area contributed by atoms with Crippen LogP contribution < -0.4 is 20.3 Å². The van der Waals surface area contributed by atoms with Crippen molar-refractivity contribution in [2.24, 2.45) is 5.92 Å². The van der Waals surface area contributed by atoms with E-state index in [4.69, 9.17) is 9.47 Å². The molecule has 3 atom stereocenters. The lowest BCUT2D eigenvalue weighted by Gasteiger charge is -2.22. The van der Waals surface area contributed by atoms with E-state index < -0.39 is 24.3 Å². The van der Waals surface area contributed by atoms with Gasteiger partial charge in [0.15, 0.2) is 17.9 Å². The van der Waals surface area contributed by atoms with Gasteiger partial charge in [0.05, 0.1) is 18.8 Å². The van der Waals surface area contributed by atoms with Gasteiger partial charge < -0.3 is 25.2 Å². The molecule has 9 heteroatoms. The molecule has 2 saturated heterocycles. The molecule has 0 saturated carbocycles. The highest BCUT2D eigenvalue weighted by atomic mass is 19.1. The van der Waals surface area contributed by atoms with E-state index in [0.717, 1.165) is 32.4 Å². The maximum absolute atomic E-state index is 14.5. The van der Waals surface area contributed by atoms with Crippen LogP contribution >= 0.6 is 0 Å². The fourth-order valence-corrected chi connectivity index (χ4v) is 3.41. The summed E-state index contributed by atoms with van der Waals surface area (Å²) < 4.78 is 25.1. The Morgan fingerprint density at radius 1 is 1.46 bits per heavy atom. The lowest BCUT2D eigenvalue weighted by molar-refractivity contribution is -0.119. The van der Waals surface area contributed by atoms with Crippen LogP contribution in [0.2, 0.25) is 0 Å². The zero-order valence-corrected chi connectivity index (χ0v) is 15.8. The van der Waals surface area contributed by atoms with Crippen molar-refractivity contribution < 1.29 is 28.6 Å². The second kappa shape index (κ2) is 9.20. The fourth-order valence-electron chi connectivity index (χ4n) is 3.41. The minimum Gasteiger partial charge on any atom is -0.462 e. The molecule has 2 heterocycles. The number of hydrogen-bond donors (Lipinski definition) is 3. The van der Waals surface area contributed by atoms with E-state index in [1.165, 1.54) is 24.0 Å². The summed E-state index contributed by atoms with van der Waals surface area (Å²) in [6.07, 6.45) is 0.317. The van der Waals surface area contributed by atoms with Crippen LogP contribution in [0, 0.1) is 11.7 Å². The van der Waals surface area contributed by atoms with Crippen molar-refractivity contribution in [3.05, 3.63) is 24.0 Å². The molecule has 0 bridgehead atoms. The van der Waals surface area contributed by atoms with E-state index in [1.807, 2.05) is 0 Å². The molecule has 3 N–H and O–H groups in total. The second-order valence-electron chi connectivity index (χ2n) is 7.12. The van der Waals surface area contributed by atoms with Crippen LogP contribution in [0.25, 0.3) is 0 Å². The SMILES string of the molecule is CC(=O)NC[C@H]1CN(c2ccc(OC(O)C3CCCNCC3)c(F)c2)C(=O)O1. The molecule has 154 valence electrons. The molecular formula is C19H26FN3O5. The van der Waals surface area contributed by atoms with Crippen LogP contribution in [0.3, 0.4) is 0 Å². The number of carbonyl (C=O) groups excluding carboxylic acids is 2. The Balaban J connectivity index is 1.62. The van der Waals surface area contributed by atoms with Gasteiger partial charge in [-0.25, -0.2) is 9.18 Å². The number of nitrogens with zero attached hydrogens (tertiary/aromatic N) is 1. The average Bonchev–Trinajstić information content (AvgIpc) is 2.85. The highest BCUT2D eigenvalue weighted by molar-refractivity contribution is 5.89. The Bertz CT molecular complexity index is 709. The quantitative estimate of drug-likeness (QED) is 0.629. The number of carbonyl (C=O) groups is 2. The highest BCUT2D eigenvalue weighted by Crippen LogP contribution is 2.29. The Labute approximate surface area is 163 Å². The van der Waals surface area contributed by atoms with Crippen molar-refractivity contribution in [1.82, 2.24) is 10.6 Å². The first-order chi connectivity index (χ1) is 13.4. The standard InChI is InChI=1S/C19H26FN3O5/c1-12(24)22-10-15-11-23(19(26)27-15)14-4-5-17(16(20)9-14)28-18(25)13-3-2-7-21-8-6-13/h4-5,9,13,15,18,21,25H,2-3,6-8,10-11H2,1H3,(H,22,24)/t13?,15-,18?/m0/s1. The minimum absolute atomic E-state index is 0.0582. The molecule has 3 rings (SSSR count). The van der Waals surface area contributed by atoms with E-state index in [-0.39, 0.29) is 30.7 Å². The zero-order valence-electron chi connectivity index (χ0n) is 15.8. The average molecular weight is 395 g/mol. The molecule has 0 aliphatic carbocycles. The predicted octanol–water partition coefficient (Wildman–Crippen LogP) is 1.37. The van der Waals surface area contributed by atoms with Gasteiger partial charge in [0.1, 0.15) is 6.10 Å². The highest BCUT2D eigenvalue weighted by Gasteiger charge is 2.33. The van der Waals surface area contributed by atoms with Gasteiger partial charge in [0, 0.05) is 18.9 Å². The smallest absolute Gasteiger partial charge is 0.414 e. The van der Waals surface area contributed by atoms with Gasteiger partial charge in [-0.15, -0.1) is 0 Å². The Kier molecular flexibility index (Phi) is 6.69. The Hall–Kier alpha value is -2.39. The maximum atomic E-state index is 14.5. The number of hydrogen-bond acceptors (Lipinski definition) is 6. The van der Waals surface area contributed by atoms with Gasteiger partial charge in [0.25, 0.3) is 0 Å². The summed E-state index contributed by atoms with van der Waals surface area (Å²) in [5.41, 5.74) is 0.327. The Morgan fingerprint density at radius 3 is 3.04 bits per heavy atom. The molecule has 0 spiro atoms. The Morgan fingerprint density at radius 2 is 2.29 bits per heavy atom. The molecule has 2 aliphatic heterocycles. The first kappa shape index (κ1) is 20.3. The topological polar surface area (TPSA) is 100 Å². The van der Waals surface area contributed by atoms with Crippen LogP contribution in [0.4, 0.5) is 14.9 Å². The molecule has 0 aromatic heterocycles. The van der Waals surface area contributed by atoms with E-state index in [0.29, 0.717) is 5.69 Å². The summed E-state index contributed by atoms with van der Waals surface area (Å²) in [4.78, 5) is 24.3. The molecule has 2 fully saturated rings. The normalized spacial score (nSPS) is 23.7. The molecular weight excluding hydrogens is 369 g/mol. The third-order valence-electron chi connectivity index (χ3n) is 4.95. The van der Waals surface area contributed by atoms with Crippen molar-refractivity contribution in [3.8, 4) is 5.75 Å². The van der Waals surface area contributed by atoms with Crippen LogP contribution in [0.1, 0.15) is 26.2 Å². The summed E-state index contributed by atoms with van der Waals surface area (Å²) in [5.74, 6) is -1.00. The summed E-state index contributed by atoms with van der Waals surface area (Å²) in [6.45, 7) is 3.48. The number of aliphatic hydroxyl groups is 1. The molecule has 2 amide bonds. The number of amides is 2. The van der Waals surface area contributed by atoms with Gasteiger partial charge in [0.2, 0.25) is 5.91 Å². The van der Waals surface area contributed by atoms with Crippen LogP contribution in [0.15, 0.2) is 18.2 Å². The largest absolute Gasteiger partial charge is 0.462 e. The van der Waals surface area contributed by atoms with E-state index in [1.54, 1.807) is 6.07 Å². The monoisotopic (exact) mass is 395 g/mol. The summed E-state index contributed by atoms with van der Waals surface area (Å²) in [5, 5.41) is 16.1. The predicted molar refractivity (Wildman–Crippen MR) is 99.5 cm³/mol. The van der Waals surface area contributed by atoms with Crippen molar-refractivity contribution in [3.63, 3.8) is 0 Å². The number of halogens is 1. The van der Waals surface area contributed by atoms with Crippen molar-refractivity contribution in [2.75, 3.05) is 31.1 Å². The summed E-state index contributed by atoms with van der Waals surface area (Å²) in [7, 11) is 0. The molecule has 1 aromatic rings. The molecule has 8 nitrogen and oxygen atoms in total. The minimum atomic E-state index is -1.08. The molecule has 2 unspecified atom stereocenters. The maximum Gasteiger partial charge on any atom is 0.414 e. The lowest BCUT2D eigenvalue weighted by Crippen LogP contribution is -2.33. The van der Waals surface area contributed by atoms with Crippen LogP contribution in [-0.2, 0) is 9.53 Å². The number of ether oxygens (including phenoxy) is 2. The van der Waals surface area contributed by atoms with Gasteiger partial charge >= 0.3 is 6.09 Å². The van der Waals surface area contributed by atoms with Crippen molar-refractivity contribution in [2.45, 2.75) is 38.6 Å². The zero-order chi connectivity index (χ0) is 20.1. The number of nitrogens with one attached hydrogen (secondary N) is 2. The van der Waals surface area contributed by atoms with E-state index in [2.05, 4.69) is 10.6 Å². The second-order valence-corrected chi connectivity index (χ2v) is 7.12. The van der Waals surface area contributed by atoms with E-state index in [9.17, 15) is 19.1 Å². The fraction of sp³-hybridized carbons (Fsp3) is 0.579. The van der Waals surface area contributed by atoms with Crippen molar-refractivity contribution >= 4 is 17.7 Å². The van der Waals surface area contributed by atoms with Gasteiger partial charge in [-0.1, -0.05) is 0 Å². The van der Waals surface area contributed by atoms with Gasteiger partial charge in [-0.3, -0.25) is 9.69 Å². The van der Waals surface area contributed by atoms with Crippen LogP contribution in [-0.4, -0.2) is 55.7 Å². The van der Waals surface area contributed by atoms with Gasteiger partial charge in [-0.05, 0) is 44.5 Å². The number of aliphatic hydroxyl groups excluding tert-OH is 1. The molecule has 28 heavy (non-hydrogen) atoms. The number of anilines is 1. The molecule has 0 radical (unpaired) electrons. The number of cyclic esters (lactones) is 1.